The van der Waals surface area contributed by atoms with Crippen LogP contribution in [0.2, 0.25) is 0 Å². The smallest absolute Gasteiger partial charge is 0.318 e. The standard InChI is InChI=1S/C20H30N4O2/c1-16(19(25)22-17-8-4-2-5-9-17)21-20(26)24-14-12-23(13-15-24)18-10-6-3-7-11-18/h3,6-7,10-11,16-17H,2,4-5,8-9,12-15H2,1H3,(H,21,26)(H,22,25). The van der Waals surface area contributed by atoms with Crippen LogP contribution in [0, 0.1) is 0 Å². The number of hydrogen-bond acceptors (Lipinski definition) is 3. The van der Waals surface area contributed by atoms with Gasteiger partial charge in [0.2, 0.25) is 5.91 Å². The molecule has 0 radical (unpaired) electrons. The molecule has 1 saturated carbocycles. The Bertz CT molecular complexity index is 593. The number of anilines is 1. The number of nitrogens with one attached hydrogen (secondary N) is 2. The molecule has 1 aromatic carbocycles. The lowest BCUT2D eigenvalue weighted by Gasteiger charge is -2.36. The summed E-state index contributed by atoms with van der Waals surface area (Å²) in [6.07, 6.45) is 5.71. The molecule has 1 aromatic rings. The van der Waals surface area contributed by atoms with Crippen LogP contribution in [-0.2, 0) is 4.79 Å². The van der Waals surface area contributed by atoms with E-state index in [0.717, 1.165) is 25.9 Å². The summed E-state index contributed by atoms with van der Waals surface area (Å²) in [5.41, 5.74) is 1.19. The van der Waals surface area contributed by atoms with Gasteiger partial charge in [0.25, 0.3) is 0 Å². The highest BCUT2D eigenvalue weighted by molar-refractivity contribution is 5.87. The van der Waals surface area contributed by atoms with Crippen LogP contribution >= 0.6 is 0 Å². The average Bonchev–Trinajstić information content (AvgIpc) is 2.69. The van der Waals surface area contributed by atoms with Gasteiger partial charge in [-0.3, -0.25) is 4.79 Å². The molecule has 3 rings (SSSR count). The molecule has 6 heteroatoms. The summed E-state index contributed by atoms with van der Waals surface area (Å²) < 4.78 is 0. The molecule has 2 N–H and O–H groups in total. The van der Waals surface area contributed by atoms with Crippen molar-refractivity contribution >= 4 is 17.6 Å². The van der Waals surface area contributed by atoms with Crippen molar-refractivity contribution in [3.05, 3.63) is 30.3 Å². The summed E-state index contributed by atoms with van der Waals surface area (Å²) in [4.78, 5) is 28.9. The quantitative estimate of drug-likeness (QED) is 0.868. The van der Waals surface area contributed by atoms with Gasteiger partial charge in [-0.15, -0.1) is 0 Å². The largest absolute Gasteiger partial charge is 0.368 e. The van der Waals surface area contributed by atoms with Gasteiger partial charge >= 0.3 is 6.03 Å². The number of nitrogens with zero attached hydrogens (tertiary/aromatic N) is 2. The summed E-state index contributed by atoms with van der Waals surface area (Å²) in [5, 5.41) is 5.93. The molecule has 0 spiro atoms. The summed E-state index contributed by atoms with van der Waals surface area (Å²) in [5.74, 6) is -0.0758. The zero-order chi connectivity index (χ0) is 18.4. The monoisotopic (exact) mass is 358 g/mol. The highest BCUT2D eigenvalue weighted by atomic mass is 16.2. The van der Waals surface area contributed by atoms with Gasteiger partial charge in [0.15, 0.2) is 0 Å². The third kappa shape index (κ3) is 4.90. The van der Waals surface area contributed by atoms with E-state index in [1.54, 1.807) is 11.8 Å². The number of amides is 3. The number of piperazine rings is 1. The van der Waals surface area contributed by atoms with Gasteiger partial charge in [0, 0.05) is 37.9 Å². The van der Waals surface area contributed by atoms with Crippen molar-refractivity contribution in [2.45, 2.75) is 51.1 Å². The van der Waals surface area contributed by atoms with E-state index in [1.165, 1.54) is 24.9 Å². The molecule has 142 valence electrons. The topological polar surface area (TPSA) is 64.7 Å². The van der Waals surface area contributed by atoms with E-state index in [1.807, 2.05) is 18.2 Å². The van der Waals surface area contributed by atoms with Crippen molar-refractivity contribution in [1.29, 1.82) is 0 Å². The van der Waals surface area contributed by atoms with Crippen LogP contribution < -0.4 is 15.5 Å². The Labute approximate surface area is 155 Å². The molecule has 1 aliphatic carbocycles. The van der Waals surface area contributed by atoms with Crippen LogP contribution in [0.4, 0.5) is 10.5 Å². The SMILES string of the molecule is CC(NC(=O)N1CCN(c2ccccc2)CC1)C(=O)NC1CCCCC1. The minimum atomic E-state index is -0.503. The molecule has 1 unspecified atom stereocenters. The maximum absolute atomic E-state index is 12.5. The van der Waals surface area contributed by atoms with Gasteiger partial charge in [-0.1, -0.05) is 37.5 Å². The molecular formula is C20H30N4O2. The van der Waals surface area contributed by atoms with E-state index in [2.05, 4.69) is 27.7 Å². The van der Waals surface area contributed by atoms with Crippen molar-refractivity contribution in [1.82, 2.24) is 15.5 Å². The lowest BCUT2D eigenvalue weighted by molar-refractivity contribution is -0.123. The van der Waals surface area contributed by atoms with Gasteiger partial charge in [-0.05, 0) is 31.9 Å². The van der Waals surface area contributed by atoms with E-state index in [0.29, 0.717) is 13.1 Å². The molecule has 1 aliphatic heterocycles. The van der Waals surface area contributed by atoms with Crippen LogP contribution in [0.25, 0.3) is 0 Å². The van der Waals surface area contributed by atoms with Crippen molar-refractivity contribution in [3.63, 3.8) is 0 Å². The lowest BCUT2D eigenvalue weighted by atomic mass is 9.95. The first-order valence-corrected chi connectivity index (χ1v) is 9.79. The van der Waals surface area contributed by atoms with E-state index < -0.39 is 6.04 Å². The Kier molecular flexibility index (Phi) is 6.36. The van der Waals surface area contributed by atoms with Gasteiger partial charge in [0.1, 0.15) is 6.04 Å². The number of carbonyl (C=O) groups is 2. The first kappa shape index (κ1) is 18.5. The Morgan fingerprint density at radius 2 is 1.65 bits per heavy atom. The van der Waals surface area contributed by atoms with Crippen LogP contribution in [0.1, 0.15) is 39.0 Å². The van der Waals surface area contributed by atoms with E-state index in [-0.39, 0.29) is 18.0 Å². The van der Waals surface area contributed by atoms with E-state index in [9.17, 15) is 9.59 Å². The van der Waals surface area contributed by atoms with Gasteiger partial charge in [-0.2, -0.15) is 0 Å². The molecule has 3 amide bonds. The number of hydrogen-bond donors (Lipinski definition) is 2. The molecule has 2 fully saturated rings. The van der Waals surface area contributed by atoms with Crippen LogP contribution in [0.15, 0.2) is 30.3 Å². The fourth-order valence-electron chi connectivity index (χ4n) is 3.72. The third-order valence-corrected chi connectivity index (χ3v) is 5.37. The Hall–Kier alpha value is -2.24. The fraction of sp³-hybridized carbons (Fsp3) is 0.600. The number of benzene rings is 1. The highest BCUT2D eigenvalue weighted by Crippen LogP contribution is 2.18. The predicted octanol–water partition coefficient (Wildman–Crippen LogP) is 2.36. The fourth-order valence-corrected chi connectivity index (χ4v) is 3.72. The molecule has 2 aliphatic rings. The Morgan fingerprint density at radius 3 is 2.31 bits per heavy atom. The van der Waals surface area contributed by atoms with Gasteiger partial charge in [0.05, 0.1) is 0 Å². The second-order valence-corrected chi connectivity index (χ2v) is 7.32. The van der Waals surface area contributed by atoms with Crippen LogP contribution in [0.5, 0.6) is 0 Å². The molecule has 26 heavy (non-hydrogen) atoms. The van der Waals surface area contributed by atoms with Gasteiger partial charge in [-0.25, -0.2) is 4.79 Å². The molecule has 6 nitrogen and oxygen atoms in total. The number of rotatable bonds is 4. The summed E-state index contributed by atoms with van der Waals surface area (Å²) in [7, 11) is 0. The molecule has 1 atom stereocenters. The minimum Gasteiger partial charge on any atom is -0.368 e. The minimum absolute atomic E-state index is 0.0758. The van der Waals surface area contributed by atoms with Crippen molar-refractivity contribution in [2.24, 2.45) is 0 Å². The van der Waals surface area contributed by atoms with Crippen molar-refractivity contribution < 1.29 is 9.59 Å². The summed E-state index contributed by atoms with van der Waals surface area (Å²) >= 11 is 0. The second-order valence-electron chi connectivity index (χ2n) is 7.32. The van der Waals surface area contributed by atoms with E-state index in [4.69, 9.17) is 0 Å². The maximum atomic E-state index is 12.5. The molecular weight excluding hydrogens is 328 g/mol. The first-order chi connectivity index (χ1) is 12.6. The van der Waals surface area contributed by atoms with Gasteiger partial charge < -0.3 is 20.4 Å². The van der Waals surface area contributed by atoms with Crippen molar-refractivity contribution in [2.75, 3.05) is 31.1 Å². The molecule has 1 heterocycles. The summed E-state index contributed by atoms with van der Waals surface area (Å²) in [6.45, 7) is 4.70. The first-order valence-electron chi connectivity index (χ1n) is 9.79. The predicted molar refractivity (Wildman–Crippen MR) is 103 cm³/mol. The van der Waals surface area contributed by atoms with Crippen molar-refractivity contribution in [3.8, 4) is 0 Å². The molecule has 0 bridgehead atoms. The number of urea groups is 1. The molecule has 0 aromatic heterocycles. The summed E-state index contributed by atoms with van der Waals surface area (Å²) in [6, 6.07) is 9.86. The Balaban J connectivity index is 1.42. The molecule has 1 saturated heterocycles. The maximum Gasteiger partial charge on any atom is 0.318 e. The normalized spacial score (nSPS) is 19.7. The average molecular weight is 358 g/mol. The third-order valence-electron chi connectivity index (χ3n) is 5.37. The second kappa shape index (κ2) is 8.92. The lowest BCUT2D eigenvalue weighted by Crippen LogP contribution is -2.56. The van der Waals surface area contributed by atoms with E-state index >= 15 is 0 Å². The van der Waals surface area contributed by atoms with Crippen LogP contribution in [0.3, 0.4) is 0 Å². The van der Waals surface area contributed by atoms with Crippen LogP contribution in [-0.4, -0.2) is 55.1 Å². The zero-order valence-corrected chi connectivity index (χ0v) is 15.6. The Morgan fingerprint density at radius 1 is 1.00 bits per heavy atom. The zero-order valence-electron chi connectivity index (χ0n) is 15.6. The highest BCUT2D eigenvalue weighted by Gasteiger charge is 2.25. The number of carbonyl (C=O) groups excluding carboxylic acids is 2. The number of para-hydroxylation sites is 1.